The van der Waals surface area contributed by atoms with E-state index in [1.807, 2.05) is 0 Å². The normalized spacial score (nSPS) is 11.4. The van der Waals surface area contributed by atoms with Gasteiger partial charge >= 0.3 is 11.9 Å². The Bertz CT molecular complexity index is 1470. The van der Waals surface area contributed by atoms with Crippen LogP contribution in [-0.2, 0) is 9.59 Å². The number of aliphatic hydroxyl groups is 1. The van der Waals surface area contributed by atoms with E-state index in [2.05, 4.69) is 0 Å². The molecule has 0 aliphatic rings. The van der Waals surface area contributed by atoms with E-state index < -0.39 is 17.7 Å². The number of allylic oxidation sites excluding steroid dienone is 3. The molecule has 200 valence electrons. The average molecular weight is 531 g/mol. The predicted molar refractivity (Wildman–Crippen MR) is 144 cm³/mol. The molecule has 2 N–H and O–H groups in total. The molecule has 0 unspecified atom stereocenters. The SMILES string of the molecule is COc1cc(/C=C/C(O)=C/C(=O)/C=C/c2ccc(OC(=O)c3ccccc3OC(C)=O)c(OC)c2)ccc1O. The Hall–Kier alpha value is -5.31. The maximum absolute atomic E-state index is 12.7. The highest BCUT2D eigenvalue weighted by molar-refractivity contribution is 6.02. The number of para-hydroxylation sites is 1. The number of esters is 2. The third kappa shape index (κ3) is 8.09. The summed E-state index contributed by atoms with van der Waals surface area (Å²) >= 11 is 0. The van der Waals surface area contributed by atoms with E-state index in [1.54, 1.807) is 42.5 Å². The Kier molecular flexibility index (Phi) is 9.64. The van der Waals surface area contributed by atoms with Crippen LogP contribution in [0.25, 0.3) is 12.2 Å². The van der Waals surface area contributed by atoms with Gasteiger partial charge in [0.25, 0.3) is 0 Å². The lowest BCUT2D eigenvalue weighted by molar-refractivity contribution is -0.131. The molecule has 0 bridgehead atoms. The van der Waals surface area contributed by atoms with E-state index in [1.165, 1.54) is 63.6 Å². The van der Waals surface area contributed by atoms with Gasteiger partial charge in [0.15, 0.2) is 28.8 Å². The molecule has 0 fully saturated rings. The minimum Gasteiger partial charge on any atom is -0.508 e. The first-order valence-electron chi connectivity index (χ1n) is 11.6. The Labute approximate surface area is 224 Å². The summed E-state index contributed by atoms with van der Waals surface area (Å²) in [6, 6.07) is 15.5. The van der Waals surface area contributed by atoms with Gasteiger partial charge in [0.05, 0.1) is 14.2 Å². The molecule has 9 nitrogen and oxygen atoms in total. The van der Waals surface area contributed by atoms with Crippen LogP contribution in [0.4, 0.5) is 0 Å². The summed E-state index contributed by atoms with van der Waals surface area (Å²) in [5.74, 6) is -1.38. The zero-order chi connectivity index (χ0) is 28.4. The summed E-state index contributed by atoms with van der Waals surface area (Å²) < 4.78 is 20.9. The highest BCUT2D eigenvalue weighted by atomic mass is 16.6. The first-order valence-corrected chi connectivity index (χ1v) is 11.6. The van der Waals surface area contributed by atoms with Crippen LogP contribution in [0.15, 0.2) is 84.7 Å². The van der Waals surface area contributed by atoms with Gasteiger partial charge in [-0.3, -0.25) is 9.59 Å². The molecule has 0 heterocycles. The largest absolute Gasteiger partial charge is 0.508 e. The lowest BCUT2D eigenvalue weighted by atomic mass is 10.1. The molecular weight excluding hydrogens is 504 g/mol. The molecule has 0 radical (unpaired) electrons. The van der Waals surface area contributed by atoms with E-state index in [4.69, 9.17) is 18.9 Å². The van der Waals surface area contributed by atoms with Crippen LogP contribution in [0, 0.1) is 0 Å². The van der Waals surface area contributed by atoms with E-state index >= 15 is 0 Å². The molecule has 3 aromatic rings. The number of hydrogen-bond acceptors (Lipinski definition) is 9. The van der Waals surface area contributed by atoms with Crippen molar-refractivity contribution in [2.75, 3.05) is 14.2 Å². The third-order valence-corrected chi connectivity index (χ3v) is 5.13. The Morgan fingerprint density at radius 1 is 0.744 bits per heavy atom. The maximum Gasteiger partial charge on any atom is 0.347 e. The van der Waals surface area contributed by atoms with Gasteiger partial charge in [0.1, 0.15) is 17.1 Å². The smallest absolute Gasteiger partial charge is 0.347 e. The highest BCUT2D eigenvalue weighted by Crippen LogP contribution is 2.31. The number of phenols is 1. The van der Waals surface area contributed by atoms with Crippen molar-refractivity contribution in [2.24, 2.45) is 0 Å². The molecule has 0 aromatic heterocycles. The van der Waals surface area contributed by atoms with Gasteiger partial charge in [-0.25, -0.2) is 4.79 Å². The first kappa shape index (κ1) is 28.3. The van der Waals surface area contributed by atoms with E-state index in [-0.39, 0.29) is 40.1 Å². The summed E-state index contributed by atoms with van der Waals surface area (Å²) in [5.41, 5.74) is 1.28. The number of benzene rings is 3. The van der Waals surface area contributed by atoms with Crippen molar-refractivity contribution in [3.05, 3.63) is 101 Å². The Morgan fingerprint density at radius 2 is 1.38 bits per heavy atom. The Morgan fingerprint density at radius 3 is 2.08 bits per heavy atom. The van der Waals surface area contributed by atoms with Gasteiger partial charge in [-0.15, -0.1) is 0 Å². The second-order valence-electron chi connectivity index (χ2n) is 7.96. The lowest BCUT2D eigenvalue weighted by Crippen LogP contribution is -2.13. The molecule has 9 heteroatoms. The van der Waals surface area contributed by atoms with Crippen LogP contribution in [-0.4, -0.2) is 42.2 Å². The molecule has 0 saturated heterocycles. The van der Waals surface area contributed by atoms with E-state index in [0.29, 0.717) is 11.1 Å². The molecule has 3 aromatic carbocycles. The zero-order valence-electron chi connectivity index (χ0n) is 21.4. The lowest BCUT2D eigenvalue weighted by Gasteiger charge is -2.12. The van der Waals surface area contributed by atoms with Crippen molar-refractivity contribution in [3.8, 4) is 28.7 Å². The topological polar surface area (TPSA) is 129 Å². The second kappa shape index (κ2) is 13.3. The molecule has 3 rings (SSSR count). The van der Waals surface area contributed by atoms with Crippen LogP contribution in [0.2, 0.25) is 0 Å². The minimum atomic E-state index is -0.747. The van der Waals surface area contributed by atoms with E-state index in [9.17, 15) is 24.6 Å². The molecule has 0 spiro atoms. The van der Waals surface area contributed by atoms with E-state index in [0.717, 1.165) is 6.08 Å². The minimum absolute atomic E-state index is 0.0119. The monoisotopic (exact) mass is 530 g/mol. The van der Waals surface area contributed by atoms with Gasteiger partial charge < -0.3 is 29.2 Å². The molecule has 0 aliphatic heterocycles. The number of methoxy groups -OCH3 is 2. The fraction of sp³-hybridized carbons (Fsp3) is 0.100. The summed E-state index contributed by atoms with van der Waals surface area (Å²) in [7, 11) is 2.82. The first-order chi connectivity index (χ1) is 18.7. The van der Waals surface area contributed by atoms with Gasteiger partial charge in [-0.05, 0) is 59.7 Å². The standard InChI is InChI=1S/C30H26O9/c1-19(31)38-26-7-5-4-6-24(26)30(35)39-27-15-11-21(17-29(27)37-3)9-13-23(33)18-22(32)12-8-20-10-14-25(34)28(16-20)36-2/h4-18,32,34H,1-3H3/b12-8+,13-9+,22-18-. The third-order valence-electron chi connectivity index (χ3n) is 5.13. The van der Waals surface area contributed by atoms with Crippen molar-refractivity contribution in [2.45, 2.75) is 6.92 Å². The quantitative estimate of drug-likeness (QED) is 0.118. The van der Waals surface area contributed by atoms with Crippen LogP contribution in [0.1, 0.15) is 28.4 Å². The van der Waals surface area contributed by atoms with Gasteiger partial charge in [0.2, 0.25) is 0 Å². The molecule has 0 aliphatic carbocycles. The van der Waals surface area contributed by atoms with Crippen molar-refractivity contribution in [1.29, 1.82) is 0 Å². The number of rotatable bonds is 10. The van der Waals surface area contributed by atoms with Crippen LogP contribution in [0.3, 0.4) is 0 Å². The Balaban J connectivity index is 1.68. The number of ketones is 1. The van der Waals surface area contributed by atoms with Crippen LogP contribution in [0.5, 0.6) is 28.7 Å². The fourth-order valence-electron chi connectivity index (χ4n) is 3.31. The average Bonchev–Trinajstić information content (AvgIpc) is 2.91. The molecular formula is C30H26O9. The predicted octanol–water partition coefficient (Wildman–Crippen LogP) is 5.29. The fourth-order valence-corrected chi connectivity index (χ4v) is 3.31. The van der Waals surface area contributed by atoms with Crippen molar-refractivity contribution in [3.63, 3.8) is 0 Å². The summed E-state index contributed by atoms with van der Waals surface area (Å²) in [5, 5.41) is 19.7. The van der Waals surface area contributed by atoms with Crippen molar-refractivity contribution < 1.29 is 43.5 Å². The maximum atomic E-state index is 12.7. The number of hydrogen-bond donors (Lipinski definition) is 2. The number of ether oxygens (including phenoxy) is 4. The number of aromatic hydroxyl groups is 1. The number of phenolic OH excluding ortho intramolecular Hbond substituents is 1. The second-order valence-corrected chi connectivity index (χ2v) is 7.96. The highest BCUT2D eigenvalue weighted by Gasteiger charge is 2.18. The van der Waals surface area contributed by atoms with Crippen LogP contribution >= 0.6 is 0 Å². The van der Waals surface area contributed by atoms with Crippen molar-refractivity contribution >= 4 is 29.9 Å². The molecule has 0 atom stereocenters. The summed E-state index contributed by atoms with van der Waals surface area (Å²) in [6.07, 6.45) is 6.69. The molecule has 39 heavy (non-hydrogen) atoms. The van der Waals surface area contributed by atoms with Gasteiger partial charge in [-0.1, -0.05) is 36.4 Å². The summed E-state index contributed by atoms with van der Waals surface area (Å²) in [6.45, 7) is 1.23. The number of carbonyl (C=O) groups excluding carboxylic acids is 3. The zero-order valence-corrected chi connectivity index (χ0v) is 21.4. The number of carbonyl (C=O) groups is 3. The number of aliphatic hydroxyl groups excluding tert-OH is 1. The van der Waals surface area contributed by atoms with Crippen molar-refractivity contribution in [1.82, 2.24) is 0 Å². The van der Waals surface area contributed by atoms with Gasteiger partial charge in [0, 0.05) is 13.0 Å². The molecule has 0 saturated carbocycles. The molecule has 0 amide bonds. The van der Waals surface area contributed by atoms with Crippen LogP contribution < -0.4 is 18.9 Å². The van der Waals surface area contributed by atoms with Gasteiger partial charge in [-0.2, -0.15) is 0 Å². The summed E-state index contributed by atoms with van der Waals surface area (Å²) in [4.78, 5) is 36.3.